The van der Waals surface area contributed by atoms with Crippen LogP contribution >= 0.6 is 0 Å². The van der Waals surface area contributed by atoms with E-state index in [4.69, 9.17) is 4.74 Å². The summed E-state index contributed by atoms with van der Waals surface area (Å²) in [5, 5.41) is 0. The summed E-state index contributed by atoms with van der Waals surface area (Å²) in [4.78, 5) is 0. The smallest absolute Gasteiger partial charge is 0.489 e. The van der Waals surface area contributed by atoms with Gasteiger partial charge < -0.3 is 17.7 Å². The van der Waals surface area contributed by atoms with Crippen LogP contribution in [-0.2, 0) is 0 Å². The number of hydrogen-bond donors (Lipinski definition) is 0. The molecular formula is C13H15BF3O-. The molecular weight excluding hydrogens is 240 g/mol. The Bertz CT molecular complexity index is 454. The van der Waals surface area contributed by atoms with Crippen molar-refractivity contribution in [2.45, 2.75) is 32.3 Å². The molecule has 1 nitrogen and oxygen atoms in total. The summed E-state index contributed by atoms with van der Waals surface area (Å²) >= 11 is 0. The van der Waals surface area contributed by atoms with Crippen LogP contribution in [0.3, 0.4) is 0 Å². The zero-order valence-corrected chi connectivity index (χ0v) is 10.2. The van der Waals surface area contributed by atoms with E-state index in [0.29, 0.717) is 5.56 Å². The van der Waals surface area contributed by atoms with E-state index in [1.807, 2.05) is 12.2 Å². The molecule has 2 rings (SSSR count). The Morgan fingerprint density at radius 2 is 2.06 bits per heavy atom. The molecule has 0 bridgehead atoms. The van der Waals surface area contributed by atoms with Gasteiger partial charge in [-0.1, -0.05) is 29.2 Å². The second-order valence-electron chi connectivity index (χ2n) is 4.63. The summed E-state index contributed by atoms with van der Waals surface area (Å²) in [6.45, 7) is -3.39. The fourth-order valence-corrected chi connectivity index (χ4v) is 2.07. The molecule has 5 heteroatoms. The Morgan fingerprint density at radius 3 is 2.67 bits per heavy atom. The molecule has 0 heterocycles. The number of benzene rings is 1. The van der Waals surface area contributed by atoms with E-state index in [-0.39, 0.29) is 11.9 Å². The van der Waals surface area contributed by atoms with Crippen LogP contribution in [0, 0.1) is 6.92 Å². The van der Waals surface area contributed by atoms with Crippen LogP contribution in [0.15, 0.2) is 30.4 Å². The maximum Gasteiger partial charge on any atom is 0.513 e. The summed E-state index contributed by atoms with van der Waals surface area (Å²) in [7, 11) is 0. The molecule has 0 radical (unpaired) electrons. The first-order valence-corrected chi connectivity index (χ1v) is 6.10. The van der Waals surface area contributed by atoms with Gasteiger partial charge in [-0.3, -0.25) is 0 Å². The van der Waals surface area contributed by atoms with Crippen LogP contribution in [0.4, 0.5) is 12.9 Å². The first-order valence-electron chi connectivity index (χ1n) is 6.10. The average molecular weight is 255 g/mol. The molecule has 0 amide bonds. The zero-order valence-electron chi connectivity index (χ0n) is 10.2. The van der Waals surface area contributed by atoms with E-state index in [9.17, 15) is 12.9 Å². The minimum atomic E-state index is -5.04. The van der Waals surface area contributed by atoms with E-state index in [2.05, 4.69) is 0 Å². The Morgan fingerprint density at radius 1 is 1.28 bits per heavy atom. The summed E-state index contributed by atoms with van der Waals surface area (Å²) < 4.78 is 44.3. The summed E-state index contributed by atoms with van der Waals surface area (Å²) in [5.74, 6) is -0.0512. The molecule has 0 N–H and O–H groups in total. The first kappa shape index (κ1) is 13.1. The summed E-state index contributed by atoms with van der Waals surface area (Å²) in [5.41, 5.74) is -0.0373. The summed E-state index contributed by atoms with van der Waals surface area (Å²) in [6, 6.07) is 4.22. The lowest BCUT2D eigenvalue weighted by Gasteiger charge is -2.25. The van der Waals surface area contributed by atoms with Gasteiger partial charge in [0, 0.05) is 0 Å². The molecule has 98 valence electrons. The van der Waals surface area contributed by atoms with E-state index in [0.717, 1.165) is 25.3 Å². The molecule has 0 spiro atoms. The van der Waals surface area contributed by atoms with E-state index < -0.39 is 12.4 Å². The Balaban J connectivity index is 2.26. The number of rotatable bonds is 3. The lowest BCUT2D eigenvalue weighted by molar-refractivity contribution is 0.231. The largest absolute Gasteiger partial charge is 0.513 e. The Labute approximate surface area is 105 Å². The van der Waals surface area contributed by atoms with E-state index in [1.165, 1.54) is 6.07 Å². The van der Waals surface area contributed by atoms with Crippen LogP contribution in [0.5, 0.6) is 5.75 Å². The molecule has 1 aliphatic carbocycles. The highest BCUT2D eigenvalue weighted by Crippen LogP contribution is 2.22. The molecule has 0 aliphatic heterocycles. The van der Waals surface area contributed by atoms with Crippen molar-refractivity contribution in [2.24, 2.45) is 0 Å². The second-order valence-corrected chi connectivity index (χ2v) is 4.63. The minimum Gasteiger partial charge on any atom is -0.489 e. The van der Waals surface area contributed by atoms with Gasteiger partial charge in [-0.25, -0.2) is 0 Å². The highest BCUT2D eigenvalue weighted by molar-refractivity contribution is 6.74. The number of halogens is 3. The van der Waals surface area contributed by atoms with Crippen LogP contribution in [-0.4, -0.2) is 13.1 Å². The molecule has 1 aliphatic rings. The topological polar surface area (TPSA) is 9.23 Å². The van der Waals surface area contributed by atoms with Crippen molar-refractivity contribution >= 4 is 12.4 Å². The quantitative estimate of drug-likeness (QED) is 0.593. The van der Waals surface area contributed by atoms with Crippen LogP contribution < -0.4 is 10.2 Å². The average Bonchev–Trinajstić information content (AvgIpc) is 2.31. The van der Waals surface area contributed by atoms with Gasteiger partial charge in [-0.15, -0.1) is 0 Å². The molecule has 1 aromatic rings. The number of aryl methyl sites for hydroxylation is 1. The molecule has 0 saturated carbocycles. The molecule has 0 saturated heterocycles. The van der Waals surface area contributed by atoms with Crippen LogP contribution in [0.1, 0.15) is 24.8 Å². The van der Waals surface area contributed by atoms with Crippen LogP contribution in [0.25, 0.3) is 0 Å². The van der Waals surface area contributed by atoms with E-state index in [1.54, 1.807) is 13.0 Å². The monoisotopic (exact) mass is 255 g/mol. The van der Waals surface area contributed by atoms with E-state index >= 15 is 0 Å². The van der Waals surface area contributed by atoms with Gasteiger partial charge in [0.2, 0.25) is 0 Å². The number of ether oxygens (including phenoxy) is 1. The summed E-state index contributed by atoms with van der Waals surface area (Å²) in [6.07, 6.45) is 6.27. The van der Waals surface area contributed by atoms with Gasteiger partial charge in [0.15, 0.2) is 0 Å². The van der Waals surface area contributed by atoms with Crippen molar-refractivity contribution in [3.63, 3.8) is 0 Å². The Hall–Kier alpha value is -1.39. The molecule has 1 aromatic carbocycles. The first-order chi connectivity index (χ1) is 8.47. The lowest BCUT2D eigenvalue weighted by Crippen LogP contribution is -2.36. The predicted octanol–water partition coefficient (Wildman–Crippen LogP) is 3.54. The fourth-order valence-electron chi connectivity index (χ4n) is 2.07. The zero-order chi connectivity index (χ0) is 13.2. The lowest BCUT2D eigenvalue weighted by atomic mass is 9.78. The number of allylic oxidation sites excluding steroid dienone is 1. The third-order valence-corrected chi connectivity index (χ3v) is 3.01. The van der Waals surface area contributed by atoms with Crippen molar-refractivity contribution in [3.05, 3.63) is 35.9 Å². The second kappa shape index (κ2) is 5.08. The maximum atomic E-state index is 12.9. The highest BCUT2D eigenvalue weighted by Gasteiger charge is 2.30. The standard InChI is InChI=1S/C13H15BF3O/c1-10-7-8-13(12(9-10)14(15,16)17)18-11-5-3-2-4-6-11/h3,5,7-9,11H,2,4,6H2,1H3/q-1. The Kier molecular flexibility index (Phi) is 3.69. The van der Waals surface area contributed by atoms with Crippen molar-refractivity contribution < 1.29 is 17.7 Å². The van der Waals surface area contributed by atoms with Crippen molar-refractivity contribution in [3.8, 4) is 5.75 Å². The van der Waals surface area contributed by atoms with Gasteiger partial charge in [-0.05, 0) is 38.3 Å². The van der Waals surface area contributed by atoms with Crippen molar-refractivity contribution in [1.29, 1.82) is 0 Å². The minimum absolute atomic E-state index is 0.0512. The molecule has 0 fully saturated rings. The molecule has 1 unspecified atom stereocenters. The van der Waals surface area contributed by atoms with Gasteiger partial charge in [0.1, 0.15) is 6.10 Å². The fraction of sp³-hybridized carbons (Fsp3) is 0.385. The van der Waals surface area contributed by atoms with Crippen molar-refractivity contribution in [1.82, 2.24) is 0 Å². The van der Waals surface area contributed by atoms with Crippen LogP contribution in [0.2, 0.25) is 0 Å². The normalized spacial score (nSPS) is 19.9. The third-order valence-electron chi connectivity index (χ3n) is 3.01. The van der Waals surface area contributed by atoms with Crippen molar-refractivity contribution in [2.75, 3.05) is 0 Å². The highest BCUT2D eigenvalue weighted by atomic mass is 19.4. The predicted molar refractivity (Wildman–Crippen MR) is 67.3 cm³/mol. The number of hydrogen-bond acceptors (Lipinski definition) is 1. The van der Waals surface area contributed by atoms with Gasteiger partial charge in [0.25, 0.3) is 0 Å². The van der Waals surface area contributed by atoms with Gasteiger partial charge in [-0.2, -0.15) is 0 Å². The molecule has 0 aromatic heterocycles. The molecule has 18 heavy (non-hydrogen) atoms. The SMILES string of the molecule is Cc1ccc(OC2C=CCCC2)c([B-](F)(F)F)c1. The third kappa shape index (κ3) is 3.09. The maximum absolute atomic E-state index is 12.9. The molecule has 1 atom stereocenters. The van der Waals surface area contributed by atoms with Gasteiger partial charge >= 0.3 is 6.98 Å². The van der Waals surface area contributed by atoms with Gasteiger partial charge in [0.05, 0.1) is 5.75 Å².